The van der Waals surface area contributed by atoms with Crippen LogP contribution < -0.4 is 0 Å². The number of halogens is 3. The van der Waals surface area contributed by atoms with Gasteiger partial charge in [-0.3, -0.25) is 4.90 Å². The number of nitrogens with zero attached hydrogens (tertiary/aromatic N) is 2. The average molecular weight is 454 g/mol. The van der Waals surface area contributed by atoms with Gasteiger partial charge in [0.05, 0.1) is 24.1 Å². The van der Waals surface area contributed by atoms with Gasteiger partial charge < -0.3 is 9.72 Å². The van der Waals surface area contributed by atoms with E-state index >= 15 is 0 Å². The summed E-state index contributed by atoms with van der Waals surface area (Å²) in [6, 6.07) is 9.68. The zero-order chi connectivity index (χ0) is 20.7. The number of amides is 1. The highest BCUT2D eigenvalue weighted by molar-refractivity contribution is 9.10. The SMILES string of the molecule is CC(F)(F)CN(Cc1nc2c(ccc3cc(Br)ccc32)[nH]1)C(=O)OC(C)(C)C. The van der Waals surface area contributed by atoms with Crippen LogP contribution in [0.2, 0.25) is 0 Å². The number of carbonyl (C=O) groups excluding carboxylic acids is 1. The van der Waals surface area contributed by atoms with Gasteiger partial charge in [0.25, 0.3) is 5.92 Å². The molecule has 1 aromatic heterocycles. The molecule has 0 atom stereocenters. The predicted octanol–water partition coefficient (Wildman–Crippen LogP) is 5.87. The lowest BCUT2D eigenvalue weighted by atomic mass is 10.1. The van der Waals surface area contributed by atoms with Crippen LogP contribution in [0.4, 0.5) is 13.6 Å². The zero-order valence-corrected chi connectivity index (χ0v) is 17.7. The van der Waals surface area contributed by atoms with Crippen LogP contribution in [0.25, 0.3) is 21.8 Å². The fourth-order valence-corrected chi connectivity index (χ4v) is 3.31. The second-order valence-electron chi connectivity index (χ2n) is 7.92. The van der Waals surface area contributed by atoms with Crippen molar-refractivity contribution in [3.05, 3.63) is 40.6 Å². The summed E-state index contributed by atoms with van der Waals surface area (Å²) in [6.45, 7) is 4.99. The highest BCUT2D eigenvalue weighted by atomic mass is 79.9. The molecule has 0 aliphatic rings. The van der Waals surface area contributed by atoms with Gasteiger partial charge in [0.15, 0.2) is 0 Å². The molecule has 0 fully saturated rings. The van der Waals surface area contributed by atoms with E-state index in [0.29, 0.717) is 5.82 Å². The van der Waals surface area contributed by atoms with Crippen molar-refractivity contribution in [2.24, 2.45) is 0 Å². The summed E-state index contributed by atoms with van der Waals surface area (Å²) in [7, 11) is 0. The lowest BCUT2D eigenvalue weighted by Crippen LogP contribution is -2.42. The fraction of sp³-hybridized carbons (Fsp3) is 0.400. The summed E-state index contributed by atoms with van der Waals surface area (Å²) in [6.07, 6.45) is -0.803. The highest BCUT2D eigenvalue weighted by Gasteiger charge is 2.31. The smallest absolute Gasteiger partial charge is 0.410 e. The maximum atomic E-state index is 13.6. The maximum Gasteiger partial charge on any atom is 0.410 e. The van der Waals surface area contributed by atoms with Gasteiger partial charge in [-0.2, -0.15) is 0 Å². The third-order valence-corrected chi connectivity index (χ3v) is 4.43. The van der Waals surface area contributed by atoms with Crippen LogP contribution >= 0.6 is 15.9 Å². The van der Waals surface area contributed by atoms with E-state index in [-0.39, 0.29) is 6.54 Å². The minimum absolute atomic E-state index is 0.106. The van der Waals surface area contributed by atoms with Gasteiger partial charge in [-0.05, 0) is 44.4 Å². The number of benzene rings is 2. The molecule has 1 N–H and O–H groups in total. The summed E-state index contributed by atoms with van der Waals surface area (Å²) < 4.78 is 33.5. The first-order valence-electron chi connectivity index (χ1n) is 8.84. The fourth-order valence-electron chi connectivity index (χ4n) is 2.93. The van der Waals surface area contributed by atoms with Crippen molar-refractivity contribution >= 4 is 43.8 Å². The molecule has 0 aliphatic heterocycles. The number of alkyl halides is 2. The molecule has 1 heterocycles. The summed E-state index contributed by atoms with van der Waals surface area (Å²) >= 11 is 3.44. The summed E-state index contributed by atoms with van der Waals surface area (Å²) in [5, 5.41) is 1.94. The Morgan fingerprint density at radius 1 is 1.21 bits per heavy atom. The van der Waals surface area contributed by atoms with Crippen molar-refractivity contribution in [1.29, 1.82) is 0 Å². The number of ether oxygens (including phenoxy) is 1. The summed E-state index contributed by atoms with van der Waals surface area (Å²) in [5.41, 5.74) is 0.722. The van der Waals surface area contributed by atoms with Gasteiger partial charge >= 0.3 is 6.09 Å². The Bertz CT molecular complexity index is 1020. The number of hydrogen-bond donors (Lipinski definition) is 1. The third-order valence-electron chi connectivity index (χ3n) is 3.94. The van der Waals surface area contributed by atoms with Crippen LogP contribution in [0, 0.1) is 0 Å². The van der Waals surface area contributed by atoms with Crippen molar-refractivity contribution < 1.29 is 18.3 Å². The van der Waals surface area contributed by atoms with Gasteiger partial charge in [0.2, 0.25) is 0 Å². The summed E-state index contributed by atoms with van der Waals surface area (Å²) in [4.78, 5) is 21.1. The lowest BCUT2D eigenvalue weighted by Gasteiger charge is -2.28. The topological polar surface area (TPSA) is 58.2 Å². The van der Waals surface area contributed by atoms with Gasteiger partial charge in [0, 0.05) is 16.8 Å². The predicted molar refractivity (Wildman–Crippen MR) is 109 cm³/mol. The summed E-state index contributed by atoms with van der Waals surface area (Å²) in [5.74, 6) is -2.64. The average Bonchev–Trinajstić information content (AvgIpc) is 2.93. The van der Waals surface area contributed by atoms with Gasteiger partial charge in [0.1, 0.15) is 11.4 Å². The van der Waals surface area contributed by atoms with Gasteiger partial charge in [-0.15, -0.1) is 0 Å². The molecule has 28 heavy (non-hydrogen) atoms. The quantitative estimate of drug-likeness (QED) is 0.537. The number of rotatable bonds is 4. The Morgan fingerprint density at radius 3 is 2.57 bits per heavy atom. The van der Waals surface area contributed by atoms with E-state index in [1.807, 2.05) is 30.3 Å². The number of H-pyrrole nitrogens is 1. The first kappa shape index (κ1) is 20.5. The van der Waals surface area contributed by atoms with Crippen LogP contribution in [0.15, 0.2) is 34.8 Å². The second-order valence-corrected chi connectivity index (χ2v) is 8.83. The highest BCUT2D eigenvalue weighted by Crippen LogP contribution is 2.27. The molecular weight excluding hydrogens is 432 g/mol. The molecule has 0 radical (unpaired) electrons. The standard InChI is InChI=1S/C20H22BrF2N3O2/c1-19(2,3)28-18(27)26(11-20(4,22)23)10-16-24-15-8-5-12-9-13(21)6-7-14(12)17(15)25-16/h5-9H,10-11H2,1-4H3,(H,24,25). The number of hydrogen-bond acceptors (Lipinski definition) is 3. The molecule has 3 aromatic rings. The van der Waals surface area contributed by atoms with E-state index in [9.17, 15) is 13.6 Å². The molecular formula is C20H22BrF2N3O2. The van der Waals surface area contributed by atoms with E-state index in [4.69, 9.17) is 4.74 Å². The number of aromatic nitrogens is 2. The van der Waals surface area contributed by atoms with E-state index in [1.54, 1.807) is 20.8 Å². The molecule has 150 valence electrons. The molecule has 0 saturated carbocycles. The van der Waals surface area contributed by atoms with Crippen molar-refractivity contribution in [3.63, 3.8) is 0 Å². The Morgan fingerprint density at radius 2 is 1.93 bits per heavy atom. The minimum Gasteiger partial charge on any atom is -0.444 e. The van der Waals surface area contributed by atoms with E-state index in [2.05, 4.69) is 25.9 Å². The number of imidazole rings is 1. The van der Waals surface area contributed by atoms with Crippen LogP contribution in [-0.2, 0) is 11.3 Å². The minimum atomic E-state index is -3.05. The number of carbonyl (C=O) groups is 1. The largest absolute Gasteiger partial charge is 0.444 e. The molecule has 0 bridgehead atoms. The molecule has 0 spiro atoms. The Hall–Kier alpha value is -2.22. The van der Waals surface area contributed by atoms with E-state index in [1.165, 1.54) is 0 Å². The first-order valence-corrected chi connectivity index (χ1v) is 9.63. The molecule has 0 unspecified atom stereocenters. The molecule has 2 aromatic carbocycles. The molecule has 0 saturated heterocycles. The zero-order valence-electron chi connectivity index (χ0n) is 16.1. The van der Waals surface area contributed by atoms with Gasteiger partial charge in [-0.25, -0.2) is 18.6 Å². The Labute approximate surface area is 170 Å². The lowest BCUT2D eigenvalue weighted by molar-refractivity contribution is -0.0324. The van der Waals surface area contributed by atoms with Crippen molar-refractivity contribution in [2.75, 3.05) is 6.54 Å². The maximum absolute atomic E-state index is 13.6. The normalized spacial score (nSPS) is 12.5. The van der Waals surface area contributed by atoms with Crippen LogP contribution in [0.1, 0.15) is 33.5 Å². The van der Waals surface area contributed by atoms with Crippen LogP contribution in [0.3, 0.4) is 0 Å². The van der Waals surface area contributed by atoms with E-state index in [0.717, 1.165) is 38.1 Å². The molecule has 8 heteroatoms. The van der Waals surface area contributed by atoms with Crippen LogP contribution in [-0.4, -0.2) is 39.0 Å². The van der Waals surface area contributed by atoms with Crippen LogP contribution in [0.5, 0.6) is 0 Å². The van der Waals surface area contributed by atoms with E-state index < -0.39 is 24.2 Å². The Kier molecular flexibility index (Phi) is 5.36. The van der Waals surface area contributed by atoms with Crippen molar-refractivity contribution in [2.45, 2.75) is 45.8 Å². The Balaban J connectivity index is 1.94. The molecule has 5 nitrogen and oxygen atoms in total. The van der Waals surface area contributed by atoms with Gasteiger partial charge in [-0.1, -0.05) is 28.1 Å². The number of nitrogens with one attached hydrogen (secondary N) is 1. The number of fused-ring (bicyclic) bond motifs is 3. The van der Waals surface area contributed by atoms with Crippen molar-refractivity contribution in [3.8, 4) is 0 Å². The monoisotopic (exact) mass is 453 g/mol. The molecule has 1 amide bonds. The molecule has 3 rings (SSSR count). The second kappa shape index (κ2) is 7.31. The first-order chi connectivity index (χ1) is 12.9. The van der Waals surface area contributed by atoms with Crippen molar-refractivity contribution in [1.82, 2.24) is 14.9 Å². The number of aromatic amines is 1. The third kappa shape index (κ3) is 4.98. The molecule has 0 aliphatic carbocycles.